The summed E-state index contributed by atoms with van der Waals surface area (Å²) in [4.78, 5) is 30.7. The summed E-state index contributed by atoms with van der Waals surface area (Å²) < 4.78 is 0. The monoisotopic (exact) mass is 305 g/mol. The second kappa shape index (κ2) is 6.54. The van der Waals surface area contributed by atoms with Crippen LogP contribution in [0.2, 0.25) is 5.02 Å². The molecule has 1 amide bonds. The minimum absolute atomic E-state index is 0.00592. The van der Waals surface area contributed by atoms with E-state index in [1.54, 1.807) is 0 Å². The number of hydrogen-bond donors (Lipinski definition) is 2. The van der Waals surface area contributed by atoms with Crippen LogP contribution in [0, 0.1) is 6.92 Å². The number of hydrogen-bond acceptors (Lipinski definition) is 3. The molecule has 1 atom stereocenters. The first-order chi connectivity index (χ1) is 10.0. The van der Waals surface area contributed by atoms with Crippen molar-refractivity contribution in [3.05, 3.63) is 62.8 Å². The maximum Gasteiger partial charge on any atom is 0.260 e. The van der Waals surface area contributed by atoms with Crippen LogP contribution in [0.25, 0.3) is 0 Å². The lowest BCUT2D eigenvalue weighted by atomic mass is 10.1. The molecule has 0 aromatic carbocycles. The van der Waals surface area contributed by atoms with Gasteiger partial charge in [0.2, 0.25) is 0 Å². The third kappa shape index (κ3) is 3.70. The molecule has 2 aromatic rings. The predicted octanol–water partition coefficient (Wildman–Crippen LogP) is 2.61. The van der Waals surface area contributed by atoms with Crippen LogP contribution in [0.15, 0.2) is 35.3 Å². The number of carbonyl (C=O) groups excluding carboxylic acids is 1. The summed E-state index contributed by atoms with van der Waals surface area (Å²) in [6.07, 6.45) is 2.01. The lowest BCUT2D eigenvalue weighted by Gasteiger charge is -2.16. The molecule has 0 aliphatic rings. The van der Waals surface area contributed by atoms with E-state index in [2.05, 4.69) is 15.3 Å². The maximum atomic E-state index is 12.2. The Morgan fingerprint density at radius 3 is 2.90 bits per heavy atom. The van der Waals surface area contributed by atoms with Crippen LogP contribution in [-0.4, -0.2) is 15.9 Å². The molecule has 0 unspecified atom stereocenters. The molecule has 2 rings (SSSR count). The number of pyridine rings is 2. The van der Waals surface area contributed by atoms with Gasteiger partial charge in [0.25, 0.3) is 11.5 Å². The fourth-order valence-corrected chi connectivity index (χ4v) is 2.17. The first kappa shape index (κ1) is 15.3. The summed E-state index contributed by atoms with van der Waals surface area (Å²) in [6, 6.07) is 6.73. The molecule has 110 valence electrons. The standard InChI is InChI=1S/C15H16ClN3O2/c1-3-12(13-6-4-5-9(2)18-13)19-15(21)11-7-10(16)8-17-14(11)20/h4-8,12H,3H2,1-2H3,(H,17,20)(H,19,21)/t12-/m0/s1. The number of amides is 1. The van der Waals surface area contributed by atoms with Crippen molar-refractivity contribution < 1.29 is 4.79 Å². The lowest BCUT2D eigenvalue weighted by molar-refractivity contribution is 0.0933. The van der Waals surface area contributed by atoms with Gasteiger partial charge in [-0.2, -0.15) is 0 Å². The van der Waals surface area contributed by atoms with Crippen molar-refractivity contribution in [1.82, 2.24) is 15.3 Å². The molecule has 5 nitrogen and oxygen atoms in total. The molecule has 0 aliphatic carbocycles. The average molecular weight is 306 g/mol. The molecule has 0 fully saturated rings. The number of nitrogens with one attached hydrogen (secondary N) is 2. The second-order valence-electron chi connectivity index (χ2n) is 4.70. The van der Waals surface area contributed by atoms with Gasteiger partial charge < -0.3 is 10.3 Å². The summed E-state index contributed by atoms with van der Waals surface area (Å²) in [6.45, 7) is 3.83. The summed E-state index contributed by atoms with van der Waals surface area (Å²) in [5.41, 5.74) is 1.17. The largest absolute Gasteiger partial charge is 0.343 e. The minimum atomic E-state index is -0.469. The van der Waals surface area contributed by atoms with Gasteiger partial charge in [0, 0.05) is 11.9 Å². The van der Waals surface area contributed by atoms with E-state index in [9.17, 15) is 9.59 Å². The smallest absolute Gasteiger partial charge is 0.260 e. The summed E-state index contributed by atoms with van der Waals surface area (Å²) in [5.74, 6) is -0.464. The first-order valence-electron chi connectivity index (χ1n) is 6.64. The summed E-state index contributed by atoms with van der Waals surface area (Å²) in [7, 11) is 0. The number of nitrogens with zero attached hydrogens (tertiary/aromatic N) is 1. The van der Waals surface area contributed by atoms with E-state index in [1.807, 2.05) is 32.0 Å². The molecular weight excluding hydrogens is 290 g/mol. The fraction of sp³-hybridized carbons (Fsp3) is 0.267. The van der Waals surface area contributed by atoms with Gasteiger partial charge in [-0.1, -0.05) is 24.6 Å². The Hall–Kier alpha value is -2.14. The lowest BCUT2D eigenvalue weighted by Crippen LogP contribution is -2.32. The van der Waals surface area contributed by atoms with Crippen LogP contribution in [0.4, 0.5) is 0 Å². The Kier molecular flexibility index (Phi) is 4.75. The number of aromatic amines is 1. The van der Waals surface area contributed by atoms with Gasteiger partial charge in [-0.3, -0.25) is 14.6 Å². The van der Waals surface area contributed by atoms with Crippen LogP contribution in [-0.2, 0) is 0 Å². The predicted molar refractivity (Wildman–Crippen MR) is 81.5 cm³/mol. The third-order valence-electron chi connectivity index (χ3n) is 3.09. The molecule has 2 heterocycles. The van der Waals surface area contributed by atoms with Crippen molar-refractivity contribution in [2.45, 2.75) is 26.3 Å². The van der Waals surface area contributed by atoms with E-state index in [0.29, 0.717) is 11.4 Å². The number of aryl methyl sites for hydroxylation is 1. The Morgan fingerprint density at radius 2 is 2.24 bits per heavy atom. The first-order valence-corrected chi connectivity index (χ1v) is 7.01. The summed E-state index contributed by atoms with van der Waals surface area (Å²) >= 11 is 5.81. The molecule has 0 bridgehead atoms. The van der Waals surface area contributed by atoms with Gasteiger partial charge in [0.15, 0.2) is 0 Å². The number of H-pyrrole nitrogens is 1. The molecule has 2 aromatic heterocycles. The second-order valence-corrected chi connectivity index (χ2v) is 5.14. The normalized spacial score (nSPS) is 12.0. The Labute approximate surface area is 127 Å². The number of rotatable bonds is 4. The molecule has 6 heteroatoms. The van der Waals surface area contributed by atoms with E-state index in [1.165, 1.54) is 12.3 Å². The molecule has 0 aliphatic heterocycles. The van der Waals surface area contributed by atoms with Crippen molar-refractivity contribution >= 4 is 17.5 Å². The van der Waals surface area contributed by atoms with E-state index in [-0.39, 0.29) is 11.6 Å². The highest BCUT2D eigenvalue weighted by Gasteiger charge is 2.17. The van der Waals surface area contributed by atoms with Crippen LogP contribution >= 0.6 is 11.6 Å². The highest BCUT2D eigenvalue weighted by molar-refractivity contribution is 6.30. The average Bonchev–Trinajstić information content (AvgIpc) is 2.47. The molecule has 0 saturated carbocycles. The van der Waals surface area contributed by atoms with Crippen LogP contribution in [0.3, 0.4) is 0 Å². The van der Waals surface area contributed by atoms with E-state index in [4.69, 9.17) is 11.6 Å². The van der Waals surface area contributed by atoms with Gasteiger partial charge in [0.1, 0.15) is 5.56 Å². The van der Waals surface area contributed by atoms with Crippen LogP contribution in [0.5, 0.6) is 0 Å². The molecule has 2 N–H and O–H groups in total. The van der Waals surface area contributed by atoms with E-state index in [0.717, 1.165) is 11.4 Å². The van der Waals surface area contributed by atoms with Gasteiger partial charge in [-0.25, -0.2) is 0 Å². The molecule has 0 spiro atoms. The molecule has 0 saturated heterocycles. The Balaban J connectivity index is 2.24. The van der Waals surface area contributed by atoms with Crippen molar-refractivity contribution in [2.24, 2.45) is 0 Å². The van der Waals surface area contributed by atoms with E-state index < -0.39 is 11.5 Å². The Morgan fingerprint density at radius 1 is 1.48 bits per heavy atom. The van der Waals surface area contributed by atoms with Crippen LogP contribution < -0.4 is 10.9 Å². The van der Waals surface area contributed by atoms with Gasteiger partial charge in [0.05, 0.1) is 16.8 Å². The maximum absolute atomic E-state index is 12.2. The quantitative estimate of drug-likeness (QED) is 0.911. The number of carbonyl (C=O) groups is 1. The van der Waals surface area contributed by atoms with Crippen molar-refractivity contribution in [1.29, 1.82) is 0 Å². The molecule has 21 heavy (non-hydrogen) atoms. The highest BCUT2D eigenvalue weighted by Crippen LogP contribution is 2.15. The SMILES string of the molecule is CC[C@H](NC(=O)c1cc(Cl)c[nH]c1=O)c1cccc(C)n1. The van der Waals surface area contributed by atoms with Gasteiger partial charge >= 0.3 is 0 Å². The van der Waals surface area contributed by atoms with Gasteiger partial charge in [-0.15, -0.1) is 0 Å². The zero-order valence-electron chi connectivity index (χ0n) is 11.8. The zero-order valence-corrected chi connectivity index (χ0v) is 12.6. The zero-order chi connectivity index (χ0) is 15.4. The van der Waals surface area contributed by atoms with Crippen molar-refractivity contribution in [2.75, 3.05) is 0 Å². The number of aromatic nitrogens is 2. The third-order valence-corrected chi connectivity index (χ3v) is 3.31. The topological polar surface area (TPSA) is 74.8 Å². The summed E-state index contributed by atoms with van der Waals surface area (Å²) in [5, 5.41) is 3.12. The van der Waals surface area contributed by atoms with Crippen LogP contribution in [0.1, 0.15) is 41.1 Å². The van der Waals surface area contributed by atoms with Crippen molar-refractivity contribution in [3.8, 4) is 0 Å². The van der Waals surface area contributed by atoms with Crippen molar-refractivity contribution in [3.63, 3.8) is 0 Å². The Bertz CT molecular complexity index is 712. The fourth-order valence-electron chi connectivity index (χ4n) is 2.01. The number of halogens is 1. The molecule has 0 radical (unpaired) electrons. The van der Waals surface area contributed by atoms with E-state index >= 15 is 0 Å². The molecular formula is C15H16ClN3O2. The van der Waals surface area contributed by atoms with Gasteiger partial charge in [-0.05, 0) is 31.5 Å². The highest BCUT2D eigenvalue weighted by atomic mass is 35.5. The minimum Gasteiger partial charge on any atom is -0.343 e.